The molecule has 0 amide bonds. The molecule has 5 rings (SSSR count). The highest BCUT2D eigenvalue weighted by atomic mass is 35.5. The molecule has 2 fully saturated rings. The molecular weight excluding hydrogens is 466 g/mol. The fourth-order valence-corrected chi connectivity index (χ4v) is 4.81. The summed E-state index contributed by atoms with van der Waals surface area (Å²) in [5.41, 5.74) is 2.59. The molecule has 2 aliphatic rings. The predicted octanol–water partition coefficient (Wildman–Crippen LogP) is 2.48. The first-order chi connectivity index (χ1) is 17.0. The summed E-state index contributed by atoms with van der Waals surface area (Å²) in [6.07, 6.45) is 2.78. The van der Waals surface area contributed by atoms with E-state index in [2.05, 4.69) is 59.6 Å². The van der Waals surface area contributed by atoms with Gasteiger partial charge in [-0.05, 0) is 32.5 Å². The van der Waals surface area contributed by atoms with Crippen molar-refractivity contribution in [1.82, 2.24) is 29.4 Å². The van der Waals surface area contributed by atoms with Gasteiger partial charge < -0.3 is 20.4 Å². The standard InChI is InChI=1S/C23H26ClN11/c1-3-27-21-22-28-14-16(13-26)35(22)31-23(30-21)29-17-10-15(12-25)11-18(20(17)24)34-5-4-19(34)33-8-6-32(2)7-9-33/h10-11,14,19H,3-9H2,1-2H3,(H2,27,29,30,31). The molecule has 35 heavy (non-hydrogen) atoms. The average molecular weight is 492 g/mol. The summed E-state index contributed by atoms with van der Waals surface area (Å²) in [5.74, 6) is 0.738. The van der Waals surface area contributed by atoms with E-state index in [1.54, 1.807) is 6.07 Å². The lowest BCUT2D eigenvalue weighted by atomic mass is 10.0. The van der Waals surface area contributed by atoms with E-state index in [4.69, 9.17) is 11.6 Å². The molecule has 0 radical (unpaired) electrons. The van der Waals surface area contributed by atoms with E-state index in [9.17, 15) is 10.5 Å². The van der Waals surface area contributed by atoms with E-state index in [0.717, 1.165) is 44.8 Å². The third-order valence-corrected chi connectivity index (χ3v) is 6.90. The first kappa shape index (κ1) is 23.1. The van der Waals surface area contributed by atoms with Gasteiger partial charge in [0.05, 0.1) is 40.4 Å². The molecule has 11 nitrogen and oxygen atoms in total. The molecule has 0 bridgehead atoms. The Morgan fingerprint density at radius 2 is 1.94 bits per heavy atom. The first-order valence-electron chi connectivity index (χ1n) is 11.6. The van der Waals surface area contributed by atoms with Crippen LogP contribution >= 0.6 is 11.6 Å². The van der Waals surface area contributed by atoms with Crippen LogP contribution < -0.4 is 15.5 Å². The number of anilines is 4. The van der Waals surface area contributed by atoms with Gasteiger partial charge in [0, 0.05) is 39.3 Å². The van der Waals surface area contributed by atoms with E-state index < -0.39 is 0 Å². The number of aromatic nitrogens is 4. The molecule has 2 N–H and O–H groups in total. The quantitative estimate of drug-likeness (QED) is 0.531. The SMILES string of the molecule is CCNc1nc(Nc2cc(C#N)cc(N3CCC3N3CCN(C)CC3)c2Cl)nn2c(C#N)cnc12. The Hall–Kier alpha value is -3.64. The first-order valence-corrected chi connectivity index (χ1v) is 12.0. The molecule has 4 heterocycles. The number of benzene rings is 1. The largest absolute Gasteiger partial charge is 0.367 e. The number of nitrogens with one attached hydrogen (secondary N) is 2. The Kier molecular flexibility index (Phi) is 6.31. The average Bonchev–Trinajstić information content (AvgIpc) is 3.25. The molecule has 1 atom stereocenters. The maximum Gasteiger partial charge on any atom is 0.247 e. The van der Waals surface area contributed by atoms with E-state index in [1.165, 1.54) is 10.7 Å². The minimum Gasteiger partial charge on any atom is -0.367 e. The Labute approximate surface area is 208 Å². The van der Waals surface area contributed by atoms with Gasteiger partial charge in [-0.2, -0.15) is 20.0 Å². The summed E-state index contributed by atoms with van der Waals surface area (Å²) in [7, 11) is 2.14. The number of hydrogen-bond acceptors (Lipinski definition) is 10. The number of fused-ring (bicyclic) bond motifs is 1. The van der Waals surface area contributed by atoms with Gasteiger partial charge in [-0.1, -0.05) is 11.6 Å². The van der Waals surface area contributed by atoms with E-state index in [1.807, 2.05) is 13.0 Å². The van der Waals surface area contributed by atoms with Gasteiger partial charge in [-0.3, -0.25) is 4.90 Å². The van der Waals surface area contributed by atoms with E-state index in [0.29, 0.717) is 34.3 Å². The van der Waals surface area contributed by atoms with Crippen LogP contribution in [0.3, 0.4) is 0 Å². The Bertz CT molecular complexity index is 1330. The predicted molar refractivity (Wildman–Crippen MR) is 134 cm³/mol. The van der Waals surface area contributed by atoms with Gasteiger partial charge in [-0.15, -0.1) is 5.10 Å². The van der Waals surface area contributed by atoms with Crippen molar-refractivity contribution in [2.45, 2.75) is 19.5 Å². The summed E-state index contributed by atoms with van der Waals surface area (Å²) in [6, 6.07) is 7.86. The fraction of sp³-hybridized carbons (Fsp3) is 0.435. The molecular formula is C23H26ClN11. The van der Waals surface area contributed by atoms with Crippen molar-refractivity contribution < 1.29 is 0 Å². The van der Waals surface area contributed by atoms with Crippen LogP contribution in [0.4, 0.5) is 23.1 Å². The lowest BCUT2D eigenvalue weighted by molar-refractivity contribution is 0.0820. The van der Waals surface area contributed by atoms with Gasteiger partial charge in [0.15, 0.2) is 17.2 Å². The fourth-order valence-electron chi connectivity index (χ4n) is 4.55. The molecule has 12 heteroatoms. The van der Waals surface area contributed by atoms with Gasteiger partial charge in [0.2, 0.25) is 5.95 Å². The van der Waals surface area contributed by atoms with Gasteiger partial charge in [-0.25, -0.2) is 4.98 Å². The van der Waals surface area contributed by atoms with Gasteiger partial charge in [0.1, 0.15) is 6.07 Å². The molecule has 0 saturated carbocycles. The van der Waals surface area contributed by atoms with Crippen LogP contribution in [0.1, 0.15) is 24.6 Å². The molecule has 0 spiro atoms. The molecule has 180 valence electrons. The number of nitrogens with zero attached hydrogens (tertiary/aromatic N) is 9. The van der Waals surface area contributed by atoms with Crippen molar-refractivity contribution in [1.29, 1.82) is 10.5 Å². The highest BCUT2D eigenvalue weighted by Gasteiger charge is 2.36. The maximum atomic E-state index is 9.71. The van der Waals surface area contributed by atoms with Crippen LogP contribution in [0.2, 0.25) is 5.02 Å². The van der Waals surface area contributed by atoms with Crippen LogP contribution in [-0.2, 0) is 0 Å². The smallest absolute Gasteiger partial charge is 0.247 e. The number of nitriles is 2. The molecule has 0 aliphatic carbocycles. The second kappa shape index (κ2) is 9.55. The zero-order chi connectivity index (χ0) is 24.5. The van der Waals surface area contributed by atoms with Crippen molar-refractivity contribution in [2.75, 3.05) is 61.8 Å². The van der Waals surface area contributed by atoms with Crippen LogP contribution in [-0.4, -0.2) is 81.9 Å². The highest BCUT2D eigenvalue weighted by molar-refractivity contribution is 6.36. The zero-order valence-corrected chi connectivity index (χ0v) is 20.4. The third kappa shape index (κ3) is 4.30. The second-order valence-electron chi connectivity index (χ2n) is 8.70. The molecule has 1 unspecified atom stereocenters. The van der Waals surface area contributed by atoms with Crippen molar-refractivity contribution >= 4 is 40.4 Å². The van der Waals surface area contributed by atoms with Crippen LogP contribution in [0, 0.1) is 22.7 Å². The molecule has 3 aromatic rings. The van der Waals surface area contributed by atoms with Crippen LogP contribution in [0.5, 0.6) is 0 Å². The number of imidazole rings is 1. The van der Waals surface area contributed by atoms with Crippen molar-refractivity contribution in [3.63, 3.8) is 0 Å². The Morgan fingerprint density at radius 1 is 1.14 bits per heavy atom. The number of piperazine rings is 1. The normalized spacial score (nSPS) is 18.7. The number of rotatable bonds is 6. The van der Waals surface area contributed by atoms with E-state index in [-0.39, 0.29) is 17.8 Å². The summed E-state index contributed by atoms with van der Waals surface area (Å²) in [4.78, 5) is 15.9. The van der Waals surface area contributed by atoms with Gasteiger partial charge in [0.25, 0.3) is 0 Å². The van der Waals surface area contributed by atoms with Gasteiger partial charge >= 0.3 is 0 Å². The van der Waals surface area contributed by atoms with Crippen LogP contribution in [0.25, 0.3) is 5.65 Å². The summed E-state index contributed by atoms with van der Waals surface area (Å²) in [6.45, 7) is 7.53. The topological polar surface area (TPSA) is 124 Å². The Balaban J connectivity index is 1.49. The second-order valence-corrected chi connectivity index (χ2v) is 9.08. The van der Waals surface area contributed by atoms with Crippen molar-refractivity contribution in [3.8, 4) is 12.1 Å². The molecule has 2 aromatic heterocycles. The minimum absolute atomic E-state index is 0.241. The summed E-state index contributed by atoms with van der Waals surface area (Å²) >= 11 is 6.90. The molecule has 2 saturated heterocycles. The lowest BCUT2D eigenvalue weighted by Crippen LogP contribution is -2.62. The zero-order valence-electron chi connectivity index (χ0n) is 19.7. The maximum absolute atomic E-state index is 9.71. The third-order valence-electron chi connectivity index (χ3n) is 6.51. The minimum atomic E-state index is 0.241. The highest BCUT2D eigenvalue weighted by Crippen LogP contribution is 2.40. The lowest BCUT2D eigenvalue weighted by Gasteiger charge is -2.51. The van der Waals surface area contributed by atoms with Crippen molar-refractivity contribution in [2.24, 2.45) is 0 Å². The number of likely N-dealkylation sites (N-methyl/N-ethyl adjacent to an activating group) is 1. The Morgan fingerprint density at radius 3 is 2.60 bits per heavy atom. The molecule has 2 aliphatic heterocycles. The van der Waals surface area contributed by atoms with Crippen LogP contribution in [0.15, 0.2) is 18.3 Å². The summed E-state index contributed by atoms with van der Waals surface area (Å²) in [5, 5.41) is 30.4. The van der Waals surface area contributed by atoms with Crippen molar-refractivity contribution in [3.05, 3.63) is 34.6 Å². The monoisotopic (exact) mass is 491 g/mol. The molecule has 1 aromatic carbocycles. The van der Waals surface area contributed by atoms with E-state index >= 15 is 0 Å². The number of halogens is 1. The number of hydrogen-bond donors (Lipinski definition) is 2. The summed E-state index contributed by atoms with van der Waals surface area (Å²) < 4.78 is 1.44.